The number of halogens is 1. The van der Waals surface area contributed by atoms with Crippen LogP contribution >= 0.6 is 0 Å². The number of anilines is 2. The van der Waals surface area contributed by atoms with Gasteiger partial charge < -0.3 is 20.9 Å². The van der Waals surface area contributed by atoms with Crippen LogP contribution < -0.4 is 20.9 Å². The molecule has 3 N–H and O–H groups in total. The molecule has 0 aliphatic carbocycles. The maximum atomic E-state index is 12.9. The molecule has 1 fully saturated rings. The number of nitrogens with zero attached hydrogens (tertiary/aromatic N) is 2. The van der Waals surface area contributed by atoms with E-state index in [4.69, 9.17) is 0 Å². The molecule has 1 saturated heterocycles. The van der Waals surface area contributed by atoms with Crippen LogP contribution in [0.1, 0.15) is 18.4 Å². The van der Waals surface area contributed by atoms with Crippen LogP contribution in [0, 0.1) is 5.82 Å². The molecule has 0 saturated carbocycles. The number of amides is 2. The largest absolute Gasteiger partial charge is 0.352 e. The maximum absolute atomic E-state index is 12.9. The van der Waals surface area contributed by atoms with Gasteiger partial charge in [-0.2, -0.15) is 0 Å². The van der Waals surface area contributed by atoms with Gasteiger partial charge in [-0.15, -0.1) is 0 Å². The first-order chi connectivity index (χ1) is 14.0. The number of benzene rings is 2. The summed E-state index contributed by atoms with van der Waals surface area (Å²) < 4.78 is 12.9. The molecule has 152 valence electrons. The van der Waals surface area contributed by atoms with Crippen molar-refractivity contribution in [3.63, 3.8) is 0 Å². The van der Waals surface area contributed by atoms with Crippen molar-refractivity contribution in [2.45, 2.75) is 19.4 Å². The first kappa shape index (κ1) is 20.3. The third kappa shape index (κ3) is 5.78. The Morgan fingerprint density at radius 3 is 2.45 bits per heavy atom. The van der Waals surface area contributed by atoms with Crippen LogP contribution in [0.5, 0.6) is 0 Å². The fourth-order valence-corrected chi connectivity index (χ4v) is 3.02. The normalized spacial score (nSPS) is 14.1. The highest BCUT2D eigenvalue weighted by atomic mass is 19.1. The van der Waals surface area contributed by atoms with E-state index in [2.05, 4.69) is 20.9 Å². The van der Waals surface area contributed by atoms with E-state index in [9.17, 15) is 14.0 Å². The molecule has 29 heavy (non-hydrogen) atoms. The monoisotopic (exact) mass is 397 g/mol. The van der Waals surface area contributed by atoms with Gasteiger partial charge in [-0.25, -0.2) is 4.39 Å². The number of guanidine groups is 1. The lowest BCUT2D eigenvalue weighted by Crippen LogP contribution is -2.41. The average Bonchev–Trinajstić information content (AvgIpc) is 3.16. The van der Waals surface area contributed by atoms with Gasteiger partial charge in [0.2, 0.25) is 11.8 Å². The number of hydrogen-bond donors (Lipinski definition) is 3. The van der Waals surface area contributed by atoms with E-state index in [1.807, 2.05) is 24.3 Å². The van der Waals surface area contributed by atoms with Gasteiger partial charge in [-0.3, -0.25) is 14.6 Å². The van der Waals surface area contributed by atoms with Crippen molar-refractivity contribution < 1.29 is 14.0 Å². The Bertz CT molecular complexity index is 881. The van der Waals surface area contributed by atoms with Crippen LogP contribution in [-0.2, 0) is 16.1 Å². The Labute approximate surface area is 169 Å². The number of rotatable bonds is 6. The number of aliphatic imine (C=N–C) groups is 1. The van der Waals surface area contributed by atoms with Crippen LogP contribution in [0.2, 0.25) is 0 Å². The fraction of sp³-hybridized carbons (Fsp3) is 0.286. The fourth-order valence-electron chi connectivity index (χ4n) is 3.02. The van der Waals surface area contributed by atoms with Crippen LogP contribution in [0.25, 0.3) is 0 Å². The van der Waals surface area contributed by atoms with E-state index in [0.717, 1.165) is 24.2 Å². The van der Waals surface area contributed by atoms with E-state index >= 15 is 0 Å². The lowest BCUT2D eigenvalue weighted by molar-refractivity contribution is -0.117. The first-order valence-corrected chi connectivity index (χ1v) is 9.44. The SMILES string of the molecule is CN=C(NCC(=O)Nc1ccc(F)cc1)NCc1ccc(N2CCCC2=O)cc1. The summed E-state index contributed by atoms with van der Waals surface area (Å²) in [7, 11) is 1.62. The van der Waals surface area contributed by atoms with Crippen molar-refractivity contribution in [3.8, 4) is 0 Å². The summed E-state index contributed by atoms with van der Waals surface area (Å²) in [5.74, 6) is 0.0300. The van der Waals surface area contributed by atoms with Gasteiger partial charge >= 0.3 is 0 Å². The average molecular weight is 397 g/mol. The molecule has 7 nitrogen and oxygen atoms in total. The Kier molecular flexibility index (Phi) is 6.78. The topological polar surface area (TPSA) is 85.8 Å². The van der Waals surface area contributed by atoms with Crippen molar-refractivity contribution >= 4 is 29.1 Å². The predicted octanol–water partition coefficient (Wildman–Crippen LogP) is 2.26. The quantitative estimate of drug-likeness (QED) is 0.516. The van der Waals surface area contributed by atoms with Gasteiger partial charge in [0.15, 0.2) is 5.96 Å². The second-order valence-corrected chi connectivity index (χ2v) is 6.65. The summed E-state index contributed by atoms with van der Waals surface area (Å²) in [6.45, 7) is 1.31. The smallest absolute Gasteiger partial charge is 0.243 e. The third-order valence-electron chi connectivity index (χ3n) is 4.55. The van der Waals surface area contributed by atoms with Gasteiger partial charge in [0.25, 0.3) is 0 Å². The van der Waals surface area contributed by atoms with E-state index in [1.165, 1.54) is 24.3 Å². The van der Waals surface area contributed by atoms with E-state index < -0.39 is 0 Å². The lowest BCUT2D eigenvalue weighted by atomic mass is 10.2. The molecule has 2 aromatic rings. The van der Waals surface area contributed by atoms with Crippen molar-refractivity contribution in [3.05, 3.63) is 59.9 Å². The Morgan fingerprint density at radius 1 is 1.10 bits per heavy atom. The molecule has 2 amide bonds. The first-order valence-electron chi connectivity index (χ1n) is 9.44. The van der Waals surface area contributed by atoms with Crippen molar-refractivity contribution in [1.82, 2.24) is 10.6 Å². The molecule has 1 aliphatic rings. The third-order valence-corrected chi connectivity index (χ3v) is 4.55. The second kappa shape index (κ2) is 9.68. The summed E-state index contributed by atoms with van der Waals surface area (Å²) in [6.07, 6.45) is 1.51. The Hall–Kier alpha value is -3.42. The summed E-state index contributed by atoms with van der Waals surface area (Å²) in [5, 5.41) is 8.75. The van der Waals surface area contributed by atoms with Crippen molar-refractivity contribution in [2.75, 3.05) is 30.4 Å². The molecule has 0 bridgehead atoms. The molecule has 3 rings (SSSR count). The van der Waals surface area contributed by atoms with Crippen molar-refractivity contribution in [1.29, 1.82) is 0 Å². The maximum Gasteiger partial charge on any atom is 0.243 e. The summed E-state index contributed by atoms with van der Waals surface area (Å²) in [5.41, 5.74) is 2.47. The second-order valence-electron chi connectivity index (χ2n) is 6.65. The predicted molar refractivity (Wildman–Crippen MR) is 111 cm³/mol. The van der Waals surface area contributed by atoms with Crippen LogP contribution in [0.3, 0.4) is 0 Å². The molecule has 1 heterocycles. The number of hydrogen-bond acceptors (Lipinski definition) is 3. The number of nitrogens with one attached hydrogen (secondary N) is 3. The highest BCUT2D eigenvalue weighted by Gasteiger charge is 2.21. The molecule has 2 aromatic carbocycles. The minimum atomic E-state index is -0.356. The lowest BCUT2D eigenvalue weighted by Gasteiger charge is -2.16. The summed E-state index contributed by atoms with van der Waals surface area (Å²) in [4.78, 5) is 29.7. The zero-order valence-electron chi connectivity index (χ0n) is 16.2. The van der Waals surface area contributed by atoms with E-state index in [1.54, 1.807) is 11.9 Å². The van der Waals surface area contributed by atoms with E-state index in [-0.39, 0.29) is 24.2 Å². The van der Waals surface area contributed by atoms with Crippen molar-refractivity contribution in [2.24, 2.45) is 4.99 Å². The molecular formula is C21H24FN5O2. The Morgan fingerprint density at radius 2 is 1.83 bits per heavy atom. The highest BCUT2D eigenvalue weighted by Crippen LogP contribution is 2.21. The van der Waals surface area contributed by atoms with Gasteiger partial charge in [0.1, 0.15) is 5.82 Å². The van der Waals surface area contributed by atoms with Gasteiger partial charge in [0.05, 0.1) is 6.54 Å². The Balaban J connectivity index is 1.44. The molecule has 0 atom stereocenters. The molecule has 0 unspecified atom stereocenters. The molecule has 0 spiro atoms. The highest BCUT2D eigenvalue weighted by molar-refractivity contribution is 5.95. The van der Waals surface area contributed by atoms with Gasteiger partial charge in [-0.1, -0.05) is 12.1 Å². The van der Waals surface area contributed by atoms with Crippen LogP contribution in [-0.4, -0.2) is 37.9 Å². The van der Waals surface area contributed by atoms with Crippen LogP contribution in [0.15, 0.2) is 53.5 Å². The van der Waals surface area contributed by atoms with Gasteiger partial charge in [-0.05, 0) is 48.4 Å². The summed E-state index contributed by atoms with van der Waals surface area (Å²) in [6, 6.07) is 13.4. The summed E-state index contributed by atoms with van der Waals surface area (Å²) >= 11 is 0. The minimum absolute atomic E-state index is 0.0209. The minimum Gasteiger partial charge on any atom is -0.352 e. The molecule has 0 aromatic heterocycles. The molecule has 8 heteroatoms. The molecular weight excluding hydrogens is 373 g/mol. The number of carbonyl (C=O) groups excluding carboxylic acids is 2. The zero-order chi connectivity index (χ0) is 20.6. The van der Waals surface area contributed by atoms with Crippen LogP contribution in [0.4, 0.5) is 15.8 Å². The standard InChI is InChI=1S/C21H24FN5O2/c1-23-21(25-14-19(28)26-17-8-6-16(22)7-9-17)24-13-15-4-10-18(11-5-15)27-12-2-3-20(27)29/h4-11H,2-3,12-14H2,1H3,(H,26,28)(H2,23,24,25). The zero-order valence-corrected chi connectivity index (χ0v) is 16.2. The number of carbonyl (C=O) groups is 2. The molecule has 1 aliphatic heterocycles. The van der Waals surface area contributed by atoms with E-state index in [0.29, 0.717) is 24.6 Å². The van der Waals surface area contributed by atoms with Gasteiger partial charge in [0, 0.05) is 37.9 Å². The molecule has 0 radical (unpaired) electrons.